The van der Waals surface area contributed by atoms with Gasteiger partial charge in [-0.2, -0.15) is 0 Å². The molecule has 0 rings (SSSR count). The van der Waals surface area contributed by atoms with Crippen LogP contribution in [-0.2, 0) is 0 Å². The van der Waals surface area contributed by atoms with E-state index in [2.05, 4.69) is 6.58 Å². The fourth-order valence-corrected chi connectivity index (χ4v) is 0.759. The molecule has 64 valence electrons. The summed E-state index contributed by atoms with van der Waals surface area (Å²) in [5, 5.41) is 8.74. The van der Waals surface area contributed by atoms with Gasteiger partial charge in [0, 0.05) is 6.61 Å². The summed E-state index contributed by atoms with van der Waals surface area (Å²) in [7, 11) is 0. The third kappa shape index (κ3) is 5.80. The predicted molar refractivity (Wildman–Crippen MR) is 44.9 cm³/mol. The molecule has 0 aliphatic heterocycles. The maximum Gasteiger partial charge on any atom is 0.115 e. The van der Waals surface area contributed by atoms with Gasteiger partial charge in [0.2, 0.25) is 0 Å². The molecule has 0 heterocycles. The number of allylic oxidation sites excluding steroid dienone is 3. The van der Waals surface area contributed by atoms with Gasteiger partial charge in [-0.25, -0.2) is 4.39 Å². The van der Waals surface area contributed by atoms with Crippen LogP contribution in [-0.4, -0.2) is 11.7 Å². The van der Waals surface area contributed by atoms with Crippen LogP contribution in [0.25, 0.3) is 0 Å². The van der Waals surface area contributed by atoms with Crippen LogP contribution in [0.3, 0.4) is 0 Å². The maximum atomic E-state index is 12.0. The Morgan fingerprint density at radius 2 is 2.36 bits per heavy atom. The number of rotatable bonds is 5. The number of hydrogen-bond donors (Lipinski definition) is 1. The minimum atomic E-state index is -0.433. The molecule has 0 amide bonds. The predicted octanol–water partition coefficient (Wildman–Crippen LogP) is 2.43. The topological polar surface area (TPSA) is 20.2 Å². The minimum absolute atomic E-state index is 0.166. The van der Waals surface area contributed by atoms with Crippen molar-refractivity contribution >= 4 is 0 Å². The standard InChI is InChI=1S/C9H15FO/c1-3-9(7-11)6-4-5-8(2)10/h4-5,9,11H,2-3,6-7H2,1H3/b5-4-. The Kier molecular flexibility index (Phi) is 5.75. The van der Waals surface area contributed by atoms with Crippen molar-refractivity contribution in [3.63, 3.8) is 0 Å². The van der Waals surface area contributed by atoms with E-state index in [1.807, 2.05) is 6.92 Å². The average molecular weight is 158 g/mol. The lowest BCUT2D eigenvalue weighted by atomic mass is 10.0. The molecule has 0 radical (unpaired) electrons. The first kappa shape index (κ1) is 10.4. The van der Waals surface area contributed by atoms with Crippen LogP contribution in [0.5, 0.6) is 0 Å². The van der Waals surface area contributed by atoms with E-state index in [0.717, 1.165) is 12.8 Å². The summed E-state index contributed by atoms with van der Waals surface area (Å²) < 4.78 is 12.0. The molecule has 0 saturated heterocycles. The minimum Gasteiger partial charge on any atom is -0.396 e. The molecule has 0 saturated carbocycles. The van der Waals surface area contributed by atoms with Crippen molar-refractivity contribution in [2.24, 2.45) is 5.92 Å². The second-order valence-corrected chi connectivity index (χ2v) is 2.54. The summed E-state index contributed by atoms with van der Waals surface area (Å²) in [5.41, 5.74) is 0. The van der Waals surface area contributed by atoms with Crippen molar-refractivity contribution in [3.8, 4) is 0 Å². The zero-order valence-electron chi connectivity index (χ0n) is 6.89. The zero-order valence-corrected chi connectivity index (χ0v) is 6.89. The summed E-state index contributed by atoms with van der Waals surface area (Å²) in [6, 6.07) is 0. The van der Waals surface area contributed by atoms with Gasteiger partial charge >= 0.3 is 0 Å². The van der Waals surface area contributed by atoms with Gasteiger partial charge in [0.15, 0.2) is 0 Å². The molecule has 0 fully saturated rings. The first-order valence-corrected chi connectivity index (χ1v) is 3.82. The lowest BCUT2D eigenvalue weighted by Crippen LogP contribution is -2.02. The molecule has 2 heteroatoms. The number of hydrogen-bond acceptors (Lipinski definition) is 1. The first-order chi connectivity index (χ1) is 5.20. The van der Waals surface area contributed by atoms with E-state index in [0.29, 0.717) is 0 Å². The fraction of sp³-hybridized carbons (Fsp3) is 0.556. The van der Waals surface area contributed by atoms with Gasteiger partial charge in [0.25, 0.3) is 0 Å². The average Bonchev–Trinajstić information content (AvgIpc) is 1.98. The Hall–Kier alpha value is -0.630. The van der Waals surface area contributed by atoms with Gasteiger partial charge in [0.1, 0.15) is 5.83 Å². The van der Waals surface area contributed by atoms with Crippen molar-refractivity contribution in [1.82, 2.24) is 0 Å². The summed E-state index contributed by atoms with van der Waals surface area (Å²) in [5.74, 6) is -0.177. The molecular formula is C9H15FO. The molecule has 1 nitrogen and oxygen atoms in total. The van der Waals surface area contributed by atoms with E-state index in [1.54, 1.807) is 6.08 Å². The molecule has 0 aromatic heterocycles. The van der Waals surface area contributed by atoms with Gasteiger partial charge in [-0.1, -0.05) is 26.0 Å². The molecular weight excluding hydrogens is 143 g/mol. The van der Waals surface area contributed by atoms with Crippen LogP contribution in [0, 0.1) is 5.92 Å². The molecule has 0 aliphatic carbocycles. The van der Waals surface area contributed by atoms with Gasteiger partial charge < -0.3 is 5.11 Å². The van der Waals surface area contributed by atoms with Crippen LogP contribution in [0.2, 0.25) is 0 Å². The van der Waals surface area contributed by atoms with Gasteiger partial charge in [0.05, 0.1) is 0 Å². The van der Waals surface area contributed by atoms with Crippen molar-refractivity contribution in [2.75, 3.05) is 6.61 Å². The summed E-state index contributed by atoms with van der Waals surface area (Å²) >= 11 is 0. The van der Waals surface area contributed by atoms with Crippen LogP contribution >= 0.6 is 0 Å². The highest BCUT2D eigenvalue weighted by atomic mass is 19.1. The van der Waals surface area contributed by atoms with Crippen molar-refractivity contribution in [1.29, 1.82) is 0 Å². The third-order valence-electron chi connectivity index (χ3n) is 1.60. The van der Waals surface area contributed by atoms with E-state index in [1.165, 1.54) is 6.08 Å². The molecule has 11 heavy (non-hydrogen) atoms. The van der Waals surface area contributed by atoms with Crippen LogP contribution in [0.4, 0.5) is 4.39 Å². The van der Waals surface area contributed by atoms with Crippen LogP contribution in [0.15, 0.2) is 24.6 Å². The van der Waals surface area contributed by atoms with Gasteiger partial charge in [-0.3, -0.25) is 0 Å². The fourth-order valence-electron chi connectivity index (χ4n) is 0.759. The van der Waals surface area contributed by atoms with Crippen molar-refractivity contribution in [2.45, 2.75) is 19.8 Å². The Morgan fingerprint density at radius 3 is 2.73 bits per heavy atom. The third-order valence-corrected chi connectivity index (χ3v) is 1.60. The Balaban J connectivity index is 3.57. The molecule has 1 atom stereocenters. The van der Waals surface area contributed by atoms with Gasteiger partial charge in [-0.15, -0.1) is 0 Å². The van der Waals surface area contributed by atoms with Crippen molar-refractivity contribution < 1.29 is 9.50 Å². The molecule has 0 spiro atoms. The van der Waals surface area contributed by atoms with E-state index in [-0.39, 0.29) is 12.5 Å². The van der Waals surface area contributed by atoms with Gasteiger partial charge in [-0.05, 0) is 18.4 Å². The summed E-state index contributed by atoms with van der Waals surface area (Å²) in [6.45, 7) is 5.25. The lowest BCUT2D eigenvalue weighted by molar-refractivity contribution is 0.224. The Morgan fingerprint density at radius 1 is 1.73 bits per heavy atom. The largest absolute Gasteiger partial charge is 0.396 e. The van der Waals surface area contributed by atoms with Crippen molar-refractivity contribution in [3.05, 3.63) is 24.6 Å². The second kappa shape index (κ2) is 6.10. The highest BCUT2D eigenvalue weighted by molar-refractivity contribution is 5.05. The molecule has 0 aromatic carbocycles. The van der Waals surface area contributed by atoms with Crippen LogP contribution < -0.4 is 0 Å². The van der Waals surface area contributed by atoms with E-state index >= 15 is 0 Å². The smallest absolute Gasteiger partial charge is 0.115 e. The summed E-state index contributed by atoms with van der Waals surface area (Å²) in [4.78, 5) is 0. The lowest BCUT2D eigenvalue weighted by Gasteiger charge is -2.06. The zero-order chi connectivity index (χ0) is 8.69. The number of halogens is 1. The summed E-state index contributed by atoms with van der Waals surface area (Å²) in [6.07, 6.45) is 4.67. The number of aliphatic hydroxyl groups excluding tert-OH is 1. The SMILES string of the molecule is C=C(F)/C=C\CC(CC)CO. The van der Waals surface area contributed by atoms with E-state index in [4.69, 9.17) is 5.11 Å². The Bertz CT molecular complexity index is 136. The highest BCUT2D eigenvalue weighted by Crippen LogP contribution is 2.08. The maximum absolute atomic E-state index is 12.0. The Labute approximate surface area is 67.2 Å². The molecule has 0 bridgehead atoms. The normalized spacial score (nSPS) is 13.7. The van der Waals surface area contributed by atoms with E-state index < -0.39 is 5.83 Å². The molecule has 0 aliphatic rings. The monoisotopic (exact) mass is 158 g/mol. The van der Waals surface area contributed by atoms with E-state index in [9.17, 15) is 4.39 Å². The number of aliphatic hydroxyl groups is 1. The highest BCUT2D eigenvalue weighted by Gasteiger charge is 2.00. The first-order valence-electron chi connectivity index (χ1n) is 3.82. The quantitative estimate of drug-likeness (QED) is 0.609. The van der Waals surface area contributed by atoms with Crippen LogP contribution in [0.1, 0.15) is 19.8 Å². The second-order valence-electron chi connectivity index (χ2n) is 2.54. The molecule has 1 N–H and O–H groups in total. The molecule has 0 aromatic rings. The molecule has 1 unspecified atom stereocenters.